The summed E-state index contributed by atoms with van der Waals surface area (Å²) in [4.78, 5) is 0. The highest BCUT2D eigenvalue weighted by Gasteiger charge is 2.15. The van der Waals surface area contributed by atoms with Gasteiger partial charge in [0.1, 0.15) is 0 Å². The molecule has 0 heterocycles. The zero-order chi connectivity index (χ0) is 15.0. The zero-order valence-corrected chi connectivity index (χ0v) is 13.5. The summed E-state index contributed by atoms with van der Waals surface area (Å²) in [7, 11) is 3.28. The third kappa shape index (κ3) is 4.89. The number of hydrogen-bond acceptors (Lipinski definition) is 5. The maximum Gasteiger partial charge on any atom is 0.161 e. The standard InChI is InChI=1S/C15H25NO3S/c1-5-16-13(10-20-11(2)9-17)12-6-7-14(18-3)15(8-12)19-4/h6-8,11,13,16-17H,5,9-10H2,1-4H3. The van der Waals surface area contributed by atoms with E-state index in [9.17, 15) is 0 Å². The Labute approximate surface area is 125 Å². The molecule has 4 nitrogen and oxygen atoms in total. The van der Waals surface area contributed by atoms with E-state index >= 15 is 0 Å². The minimum Gasteiger partial charge on any atom is -0.493 e. The number of methoxy groups -OCH3 is 2. The Bertz CT molecular complexity index is 401. The van der Waals surface area contributed by atoms with Gasteiger partial charge >= 0.3 is 0 Å². The van der Waals surface area contributed by atoms with Crippen molar-refractivity contribution in [3.63, 3.8) is 0 Å². The molecule has 2 unspecified atom stereocenters. The Morgan fingerprint density at radius 3 is 2.50 bits per heavy atom. The van der Waals surface area contributed by atoms with E-state index in [1.807, 2.05) is 19.1 Å². The lowest BCUT2D eigenvalue weighted by Gasteiger charge is -2.21. The molecule has 1 aromatic rings. The summed E-state index contributed by atoms with van der Waals surface area (Å²) in [5, 5.41) is 12.8. The molecule has 0 radical (unpaired) electrons. The molecule has 20 heavy (non-hydrogen) atoms. The first kappa shape index (κ1) is 17.1. The number of rotatable bonds is 9. The van der Waals surface area contributed by atoms with Gasteiger partial charge in [-0.15, -0.1) is 0 Å². The first-order valence-corrected chi connectivity index (χ1v) is 7.88. The van der Waals surface area contributed by atoms with Crippen LogP contribution in [0.1, 0.15) is 25.5 Å². The van der Waals surface area contributed by atoms with Gasteiger partial charge in [0, 0.05) is 17.0 Å². The molecule has 0 aliphatic rings. The summed E-state index contributed by atoms with van der Waals surface area (Å²) in [6, 6.07) is 6.23. The van der Waals surface area contributed by atoms with Crippen LogP contribution in [0.5, 0.6) is 11.5 Å². The predicted molar refractivity (Wildman–Crippen MR) is 85.0 cm³/mol. The topological polar surface area (TPSA) is 50.7 Å². The SMILES string of the molecule is CCNC(CSC(C)CO)c1ccc(OC)c(OC)c1. The van der Waals surface area contributed by atoms with Crippen LogP contribution in [0.2, 0.25) is 0 Å². The van der Waals surface area contributed by atoms with Crippen molar-refractivity contribution in [3.8, 4) is 11.5 Å². The molecule has 0 aliphatic heterocycles. The van der Waals surface area contributed by atoms with Crippen LogP contribution in [0.3, 0.4) is 0 Å². The molecule has 0 aromatic heterocycles. The van der Waals surface area contributed by atoms with Crippen molar-refractivity contribution >= 4 is 11.8 Å². The number of nitrogens with one attached hydrogen (secondary N) is 1. The molecule has 5 heteroatoms. The monoisotopic (exact) mass is 299 g/mol. The fraction of sp³-hybridized carbons (Fsp3) is 0.600. The van der Waals surface area contributed by atoms with Crippen molar-refractivity contribution in [3.05, 3.63) is 23.8 Å². The summed E-state index contributed by atoms with van der Waals surface area (Å²) >= 11 is 1.76. The Kier molecular flexibility index (Phi) is 7.80. The highest BCUT2D eigenvalue weighted by molar-refractivity contribution is 7.99. The molecule has 0 saturated carbocycles. The van der Waals surface area contributed by atoms with E-state index in [1.165, 1.54) is 5.56 Å². The number of ether oxygens (including phenoxy) is 2. The molecular formula is C15H25NO3S. The van der Waals surface area contributed by atoms with Crippen molar-refractivity contribution in [1.29, 1.82) is 0 Å². The molecule has 0 fully saturated rings. The smallest absolute Gasteiger partial charge is 0.161 e. The van der Waals surface area contributed by atoms with Crippen LogP contribution in [-0.2, 0) is 0 Å². The van der Waals surface area contributed by atoms with E-state index in [4.69, 9.17) is 14.6 Å². The van der Waals surface area contributed by atoms with Crippen molar-refractivity contribution in [2.45, 2.75) is 25.1 Å². The van der Waals surface area contributed by atoms with E-state index in [1.54, 1.807) is 26.0 Å². The van der Waals surface area contributed by atoms with Crippen LogP contribution in [0.15, 0.2) is 18.2 Å². The molecule has 2 N–H and O–H groups in total. The Morgan fingerprint density at radius 2 is 1.95 bits per heavy atom. The van der Waals surface area contributed by atoms with Crippen LogP contribution in [0, 0.1) is 0 Å². The number of thioether (sulfide) groups is 1. The molecule has 0 saturated heterocycles. The fourth-order valence-corrected chi connectivity index (χ4v) is 2.84. The number of aliphatic hydroxyl groups is 1. The van der Waals surface area contributed by atoms with E-state index in [-0.39, 0.29) is 17.9 Å². The molecule has 0 amide bonds. The lowest BCUT2D eigenvalue weighted by Crippen LogP contribution is -2.24. The van der Waals surface area contributed by atoms with Gasteiger partial charge in [-0.05, 0) is 24.2 Å². The van der Waals surface area contributed by atoms with E-state index in [2.05, 4.69) is 18.3 Å². The number of aliphatic hydroxyl groups excluding tert-OH is 1. The summed E-state index contributed by atoms with van der Waals surface area (Å²) < 4.78 is 10.6. The second-order valence-electron chi connectivity index (χ2n) is 4.55. The van der Waals surface area contributed by atoms with Gasteiger partial charge in [-0.1, -0.05) is 19.9 Å². The molecule has 114 valence electrons. The van der Waals surface area contributed by atoms with E-state index in [0.29, 0.717) is 0 Å². The second-order valence-corrected chi connectivity index (χ2v) is 6.02. The van der Waals surface area contributed by atoms with E-state index < -0.39 is 0 Å². The molecular weight excluding hydrogens is 274 g/mol. The van der Waals surface area contributed by atoms with Gasteiger partial charge in [0.05, 0.1) is 20.8 Å². The molecule has 0 aliphatic carbocycles. The second kappa shape index (κ2) is 9.10. The lowest BCUT2D eigenvalue weighted by molar-refractivity contribution is 0.300. The van der Waals surface area contributed by atoms with Crippen molar-refractivity contribution in [2.75, 3.05) is 33.1 Å². The van der Waals surface area contributed by atoms with Gasteiger partial charge < -0.3 is 19.9 Å². The van der Waals surface area contributed by atoms with Gasteiger partial charge in [-0.2, -0.15) is 11.8 Å². The zero-order valence-electron chi connectivity index (χ0n) is 12.7. The molecule has 1 aromatic carbocycles. The first-order chi connectivity index (χ1) is 9.65. The minimum atomic E-state index is 0.204. The summed E-state index contributed by atoms with van der Waals surface area (Å²) in [5.74, 6) is 2.39. The quantitative estimate of drug-likeness (QED) is 0.733. The molecule has 1 rings (SSSR count). The highest BCUT2D eigenvalue weighted by Crippen LogP contribution is 2.31. The Hall–Kier alpha value is -0.910. The molecule has 0 spiro atoms. The van der Waals surface area contributed by atoms with Crippen LogP contribution in [0.4, 0.5) is 0 Å². The summed E-state index contributed by atoms with van der Waals surface area (Å²) in [6.45, 7) is 5.22. The van der Waals surface area contributed by atoms with Gasteiger partial charge in [0.25, 0.3) is 0 Å². The van der Waals surface area contributed by atoms with Crippen molar-refractivity contribution in [2.24, 2.45) is 0 Å². The third-order valence-electron chi connectivity index (χ3n) is 3.07. The predicted octanol–water partition coefficient (Wildman–Crippen LogP) is 2.47. The van der Waals surface area contributed by atoms with Crippen LogP contribution >= 0.6 is 11.8 Å². The lowest BCUT2D eigenvalue weighted by atomic mass is 10.1. The van der Waals surface area contributed by atoms with Crippen molar-refractivity contribution < 1.29 is 14.6 Å². The van der Waals surface area contributed by atoms with Crippen molar-refractivity contribution in [1.82, 2.24) is 5.32 Å². The van der Waals surface area contributed by atoms with Gasteiger partial charge in [-0.25, -0.2) is 0 Å². The highest BCUT2D eigenvalue weighted by atomic mass is 32.2. The largest absolute Gasteiger partial charge is 0.493 e. The van der Waals surface area contributed by atoms with Gasteiger partial charge in [-0.3, -0.25) is 0 Å². The number of benzene rings is 1. The average Bonchev–Trinajstić information content (AvgIpc) is 2.50. The summed E-state index contributed by atoms with van der Waals surface area (Å²) in [5.41, 5.74) is 1.17. The molecule has 2 atom stereocenters. The van der Waals surface area contributed by atoms with Crippen LogP contribution in [0.25, 0.3) is 0 Å². The maximum atomic E-state index is 9.12. The van der Waals surface area contributed by atoms with Gasteiger partial charge in [0.2, 0.25) is 0 Å². The van der Waals surface area contributed by atoms with E-state index in [0.717, 1.165) is 23.8 Å². The summed E-state index contributed by atoms with van der Waals surface area (Å²) in [6.07, 6.45) is 0. The minimum absolute atomic E-state index is 0.204. The average molecular weight is 299 g/mol. The Morgan fingerprint density at radius 1 is 1.25 bits per heavy atom. The normalized spacial score (nSPS) is 13.8. The van der Waals surface area contributed by atoms with Crippen LogP contribution < -0.4 is 14.8 Å². The Balaban J connectivity index is 2.85. The first-order valence-electron chi connectivity index (χ1n) is 6.84. The van der Waals surface area contributed by atoms with Gasteiger partial charge in [0.15, 0.2) is 11.5 Å². The third-order valence-corrected chi connectivity index (χ3v) is 4.31. The number of hydrogen-bond donors (Lipinski definition) is 2. The van der Waals surface area contributed by atoms with Crippen LogP contribution in [-0.4, -0.2) is 43.5 Å². The maximum absolute atomic E-state index is 9.12. The fourth-order valence-electron chi connectivity index (χ4n) is 1.90. The molecule has 0 bridgehead atoms.